The zero-order valence-corrected chi connectivity index (χ0v) is 16.9. The summed E-state index contributed by atoms with van der Waals surface area (Å²) in [6.07, 6.45) is 2.38. The van der Waals surface area contributed by atoms with Gasteiger partial charge in [-0.15, -0.1) is 6.58 Å². The molecule has 1 aliphatic heterocycles. The molecule has 1 aromatic carbocycles. The van der Waals surface area contributed by atoms with Crippen molar-refractivity contribution in [2.24, 2.45) is 5.92 Å². The van der Waals surface area contributed by atoms with E-state index in [-0.39, 0.29) is 11.9 Å². The van der Waals surface area contributed by atoms with Crippen molar-refractivity contribution < 1.29 is 19.0 Å². The highest BCUT2D eigenvalue weighted by Crippen LogP contribution is 2.33. The number of carbonyl (C=O) groups is 1. The molecular weight excluding hydrogens is 344 g/mol. The lowest BCUT2D eigenvalue weighted by Crippen LogP contribution is -2.51. The number of hydrogen-bond donors (Lipinski definition) is 1. The van der Waals surface area contributed by atoms with Gasteiger partial charge in [0.15, 0.2) is 11.5 Å². The molecule has 0 spiro atoms. The van der Waals surface area contributed by atoms with Crippen LogP contribution in [0.25, 0.3) is 0 Å². The van der Waals surface area contributed by atoms with E-state index in [0.717, 1.165) is 31.9 Å². The summed E-state index contributed by atoms with van der Waals surface area (Å²) in [6, 6.07) is 3.85. The molecule has 1 heterocycles. The third kappa shape index (κ3) is 5.47. The molecule has 0 saturated carbocycles. The van der Waals surface area contributed by atoms with Crippen molar-refractivity contribution in [3.05, 3.63) is 35.9 Å². The highest BCUT2D eigenvalue weighted by molar-refractivity contribution is 5.95. The van der Waals surface area contributed by atoms with E-state index in [9.17, 15) is 4.79 Å². The summed E-state index contributed by atoms with van der Waals surface area (Å²) in [5, 5.41) is 3.09. The van der Waals surface area contributed by atoms with Crippen LogP contribution in [0.3, 0.4) is 0 Å². The van der Waals surface area contributed by atoms with Crippen LogP contribution in [-0.4, -0.2) is 63.9 Å². The third-order valence-corrected chi connectivity index (χ3v) is 4.94. The third-order valence-electron chi connectivity index (χ3n) is 4.94. The molecule has 0 bridgehead atoms. The van der Waals surface area contributed by atoms with Crippen LogP contribution in [0.1, 0.15) is 29.8 Å². The zero-order valence-electron chi connectivity index (χ0n) is 16.9. The van der Waals surface area contributed by atoms with Gasteiger partial charge in [0.2, 0.25) is 0 Å². The second-order valence-electron chi connectivity index (χ2n) is 7.03. The number of nitrogens with one attached hydrogen (secondary N) is 1. The molecule has 1 saturated heterocycles. The van der Waals surface area contributed by atoms with E-state index in [2.05, 4.69) is 30.6 Å². The molecule has 1 atom stereocenters. The lowest BCUT2D eigenvalue weighted by Gasteiger charge is -2.36. The molecule has 0 aliphatic carbocycles. The summed E-state index contributed by atoms with van der Waals surface area (Å²) in [4.78, 5) is 15.2. The molecule has 6 nitrogen and oxygen atoms in total. The molecule has 0 radical (unpaired) electrons. The molecule has 27 heavy (non-hydrogen) atoms. The Bertz CT molecular complexity index is 639. The van der Waals surface area contributed by atoms with E-state index in [4.69, 9.17) is 14.2 Å². The van der Waals surface area contributed by atoms with Crippen LogP contribution >= 0.6 is 0 Å². The Hall–Kier alpha value is -2.05. The number of benzene rings is 1. The first kappa shape index (κ1) is 21.3. The zero-order chi connectivity index (χ0) is 19.8. The molecule has 1 fully saturated rings. The Labute approximate surface area is 162 Å². The van der Waals surface area contributed by atoms with Gasteiger partial charge >= 0.3 is 0 Å². The maximum absolute atomic E-state index is 12.8. The smallest absolute Gasteiger partial charge is 0.251 e. The predicted octanol–water partition coefficient (Wildman–Crippen LogP) is 2.52. The van der Waals surface area contributed by atoms with Gasteiger partial charge in [0.25, 0.3) is 5.91 Å². The molecule has 0 aromatic heterocycles. The van der Waals surface area contributed by atoms with Crippen LogP contribution in [0.4, 0.5) is 0 Å². The van der Waals surface area contributed by atoms with Crippen molar-refractivity contribution >= 4 is 5.91 Å². The highest BCUT2D eigenvalue weighted by atomic mass is 16.5. The van der Waals surface area contributed by atoms with Gasteiger partial charge in [0, 0.05) is 36.8 Å². The Morgan fingerprint density at radius 1 is 1.30 bits per heavy atom. The van der Waals surface area contributed by atoms with Crippen LogP contribution in [0.15, 0.2) is 24.8 Å². The van der Waals surface area contributed by atoms with Gasteiger partial charge in [-0.1, -0.05) is 19.9 Å². The van der Waals surface area contributed by atoms with Gasteiger partial charge in [-0.25, -0.2) is 0 Å². The number of allylic oxidation sites excluding steroid dienone is 1. The van der Waals surface area contributed by atoms with E-state index >= 15 is 0 Å². The van der Waals surface area contributed by atoms with Gasteiger partial charge in [0.05, 0.1) is 27.4 Å². The van der Waals surface area contributed by atoms with Crippen molar-refractivity contribution in [3.63, 3.8) is 0 Å². The topological polar surface area (TPSA) is 60.0 Å². The van der Waals surface area contributed by atoms with Crippen LogP contribution in [0, 0.1) is 5.92 Å². The summed E-state index contributed by atoms with van der Waals surface area (Å²) in [5.74, 6) is 1.52. The Morgan fingerprint density at radius 2 is 2.00 bits per heavy atom. The standard InChI is InChI=1S/C21H32N2O4/c1-6-7-16-12-17(13-19(25-4)20(16)26-5)21(24)22-14-18(15(2)3)23-8-10-27-11-9-23/h6,12-13,15,18H,1,7-11,14H2,2-5H3,(H,22,24). The molecule has 1 amide bonds. The first-order valence-electron chi connectivity index (χ1n) is 9.47. The van der Waals surface area contributed by atoms with Crippen LogP contribution in [0.5, 0.6) is 11.5 Å². The fraction of sp³-hybridized carbons (Fsp3) is 0.571. The number of carbonyl (C=O) groups excluding carboxylic acids is 1. The first-order valence-corrected chi connectivity index (χ1v) is 9.47. The van der Waals surface area contributed by atoms with Crippen LogP contribution in [-0.2, 0) is 11.2 Å². The van der Waals surface area contributed by atoms with E-state index in [1.54, 1.807) is 26.4 Å². The minimum absolute atomic E-state index is 0.111. The molecule has 150 valence electrons. The van der Waals surface area contributed by atoms with Gasteiger partial charge in [0.1, 0.15) is 0 Å². The van der Waals surface area contributed by atoms with Crippen molar-refractivity contribution in [2.45, 2.75) is 26.3 Å². The normalized spacial score (nSPS) is 16.0. The SMILES string of the molecule is C=CCc1cc(C(=O)NCC(C(C)C)N2CCOCC2)cc(OC)c1OC. The fourth-order valence-corrected chi connectivity index (χ4v) is 3.48. The number of methoxy groups -OCH3 is 2. The lowest BCUT2D eigenvalue weighted by atomic mass is 10.0. The number of nitrogens with zero attached hydrogens (tertiary/aromatic N) is 1. The lowest BCUT2D eigenvalue weighted by molar-refractivity contribution is 0.00672. The largest absolute Gasteiger partial charge is 0.493 e. The Kier molecular flexibility index (Phi) is 8.13. The second-order valence-corrected chi connectivity index (χ2v) is 7.03. The Balaban J connectivity index is 2.13. The molecule has 1 aliphatic rings. The average molecular weight is 376 g/mol. The Morgan fingerprint density at radius 3 is 2.56 bits per heavy atom. The van der Waals surface area contributed by atoms with E-state index < -0.39 is 0 Å². The van der Waals surface area contributed by atoms with Crippen molar-refractivity contribution in [1.82, 2.24) is 10.2 Å². The van der Waals surface area contributed by atoms with Crippen molar-refractivity contribution in [1.29, 1.82) is 0 Å². The highest BCUT2D eigenvalue weighted by Gasteiger charge is 2.25. The maximum Gasteiger partial charge on any atom is 0.251 e. The number of morpholine rings is 1. The summed E-state index contributed by atoms with van der Waals surface area (Å²) in [5.41, 5.74) is 1.44. The summed E-state index contributed by atoms with van der Waals surface area (Å²) >= 11 is 0. The molecule has 2 rings (SSSR count). The minimum Gasteiger partial charge on any atom is -0.493 e. The van der Waals surface area contributed by atoms with Gasteiger partial charge in [-0.05, 0) is 24.5 Å². The monoisotopic (exact) mass is 376 g/mol. The molecular formula is C21H32N2O4. The molecule has 1 N–H and O–H groups in total. The fourth-order valence-electron chi connectivity index (χ4n) is 3.48. The average Bonchev–Trinajstić information content (AvgIpc) is 2.68. The minimum atomic E-state index is -0.111. The summed E-state index contributed by atoms with van der Waals surface area (Å²) in [6.45, 7) is 12.0. The van der Waals surface area contributed by atoms with E-state index in [1.165, 1.54) is 0 Å². The quantitative estimate of drug-likeness (QED) is 0.671. The van der Waals surface area contributed by atoms with Crippen molar-refractivity contribution in [2.75, 3.05) is 47.1 Å². The summed E-state index contributed by atoms with van der Waals surface area (Å²) < 4.78 is 16.3. The molecule has 6 heteroatoms. The van der Waals surface area contributed by atoms with Gasteiger partial charge in [-0.3, -0.25) is 9.69 Å². The number of ether oxygens (including phenoxy) is 3. The summed E-state index contributed by atoms with van der Waals surface area (Å²) in [7, 11) is 3.17. The van der Waals surface area contributed by atoms with Gasteiger partial charge in [-0.2, -0.15) is 0 Å². The van der Waals surface area contributed by atoms with E-state index in [0.29, 0.717) is 35.9 Å². The van der Waals surface area contributed by atoms with Crippen molar-refractivity contribution in [3.8, 4) is 11.5 Å². The second kappa shape index (κ2) is 10.3. The molecule has 1 unspecified atom stereocenters. The number of amides is 1. The number of rotatable bonds is 9. The van der Waals surface area contributed by atoms with Crippen LogP contribution in [0.2, 0.25) is 0 Å². The van der Waals surface area contributed by atoms with Gasteiger partial charge < -0.3 is 19.5 Å². The van der Waals surface area contributed by atoms with Crippen LogP contribution < -0.4 is 14.8 Å². The maximum atomic E-state index is 12.8. The predicted molar refractivity (Wildman–Crippen MR) is 107 cm³/mol. The molecule has 1 aromatic rings. The number of hydrogen-bond acceptors (Lipinski definition) is 5. The van der Waals surface area contributed by atoms with E-state index in [1.807, 2.05) is 6.07 Å². The first-order chi connectivity index (χ1) is 13.0.